The molecule has 5 nitrogen and oxygen atoms in total. The van der Waals surface area contributed by atoms with Crippen LogP contribution in [-0.2, 0) is 0 Å². The lowest BCUT2D eigenvalue weighted by atomic mass is 10.2. The summed E-state index contributed by atoms with van der Waals surface area (Å²) in [4.78, 5) is 18.9. The van der Waals surface area contributed by atoms with Crippen LogP contribution in [0.1, 0.15) is 49.5 Å². The Morgan fingerprint density at radius 1 is 1.43 bits per heavy atom. The zero-order valence-corrected chi connectivity index (χ0v) is 12.7. The Balaban J connectivity index is 2.11. The number of amides is 1. The van der Waals surface area contributed by atoms with Gasteiger partial charge in [0.15, 0.2) is 0 Å². The molecule has 0 aliphatic heterocycles. The highest BCUT2D eigenvalue weighted by Crippen LogP contribution is 2.24. The highest BCUT2D eigenvalue weighted by atomic mass is 16.3. The van der Waals surface area contributed by atoms with E-state index in [-0.39, 0.29) is 18.6 Å². The average molecular weight is 291 g/mol. The Hall–Kier alpha value is -1.62. The third kappa shape index (κ3) is 4.17. The molecular formula is C16H25N3O2. The van der Waals surface area contributed by atoms with Crippen LogP contribution in [0.3, 0.4) is 0 Å². The molecule has 0 aromatic carbocycles. The Morgan fingerprint density at radius 2 is 2.19 bits per heavy atom. The molecule has 0 unspecified atom stereocenters. The van der Waals surface area contributed by atoms with E-state index in [0.717, 1.165) is 44.5 Å². The van der Waals surface area contributed by atoms with Gasteiger partial charge < -0.3 is 15.3 Å². The predicted octanol–water partition coefficient (Wildman–Crippen LogP) is 2.28. The van der Waals surface area contributed by atoms with Crippen LogP contribution < -0.4 is 5.32 Å². The summed E-state index contributed by atoms with van der Waals surface area (Å²) in [6.45, 7) is 3.31. The third-order valence-electron chi connectivity index (χ3n) is 3.89. The molecule has 116 valence electrons. The van der Waals surface area contributed by atoms with Crippen LogP contribution in [0.4, 0.5) is 5.82 Å². The molecule has 1 aliphatic rings. The van der Waals surface area contributed by atoms with Crippen molar-refractivity contribution in [1.82, 2.24) is 9.88 Å². The molecule has 0 saturated heterocycles. The van der Waals surface area contributed by atoms with Gasteiger partial charge in [-0.2, -0.15) is 0 Å². The Bertz CT molecular complexity index is 459. The molecule has 0 atom stereocenters. The lowest BCUT2D eigenvalue weighted by Crippen LogP contribution is -2.41. The normalized spacial score (nSPS) is 15.1. The molecule has 1 heterocycles. The quantitative estimate of drug-likeness (QED) is 0.809. The van der Waals surface area contributed by atoms with Crippen molar-refractivity contribution in [1.29, 1.82) is 0 Å². The number of nitrogens with zero attached hydrogens (tertiary/aromatic N) is 2. The first-order valence-corrected chi connectivity index (χ1v) is 7.89. The van der Waals surface area contributed by atoms with Crippen LogP contribution in [0, 0.1) is 0 Å². The fraction of sp³-hybridized carbons (Fsp3) is 0.625. The van der Waals surface area contributed by atoms with E-state index in [1.807, 2.05) is 12.1 Å². The minimum Gasteiger partial charge on any atom is -0.395 e. The topological polar surface area (TPSA) is 65.5 Å². The van der Waals surface area contributed by atoms with Crippen molar-refractivity contribution >= 4 is 11.7 Å². The first-order valence-electron chi connectivity index (χ1n) is 7.89. The van der Waals surface area contributed by atoms with E-state index < -0.39 is 0 Å². The van der Waals surface area contributed by atoms with Crippen molar-refractivity contribution in [2.75, 3.05) is 25.0 Å². The number of pyridine rings is 1. The van der Waals surface area contributed by atoms with Crippen molar-refractivity contribution < 1.29 is 9.90 Å². The number of hydrogen-bond acceptors (Lipinski definition) is 4. The maximum Gasteiger partial charge on any atom is 0.272 e. The highest BCUT2D eigenvalue weighted by molar-refractivity contribution is 5.93. The Labute approximate surface area is 126 Å². The van der Waals surface area contributed by atoms with Gasteiger partial charge in [0.2, 0.25) is 0 Å². The maximum atomic E-state index is 12.7. The molecule has 1 aliphatic carbocycles. The number of carbonyl (C=O) groups excluding carboxylic acids is 1. The zero-order valence-electron chi connectivity index (χ0n) is 12.7. The van der Waals surface area contributed by atoms with E-state index in [1.54, 1.807) is 11.0 Å². The van der Waals surface area contributed by atoms with Crippen molar-refractivity contribution in [2.45, 2.75) is 45.1 Å². The maximum absolute atomic E-state index is 12.7. The second-order valence-electron chi connectivity index (χ2n) is 5.50. The number of carbonyl (C=O) groups is 1. The summed E-state index contributed by atoms with van der Waals surface area (Å²) < 4.78 is 0. The first-order chi connectivity index (χ1) is 10.3. The standard InChI is InChI=1S/C16H25N3O2/c1-2-10-17-15-9-5-8-14(18-15)16(21)19(11-12-20)13-6-3-4-7-13/h5,8-9,13,20H,2-4,6-7,10-12H2,1H3,(H,17,18). The molecule has 0 radical (unpaired) electrons. The summed E-state index contributed by atoms with van der Waals surface area (Å²) in [6.07, 6.45) is 5.38. The lowest BCUT2D eigenvalue weighted by Gasteiger charge is -2.28. The average Bonchev–Trinajstić information content (AvgIpc) is 3.04. The smallest absolute Gasteiger partial charge is 0.272 e. The van der Waals surface area contributed by atoms with Crippen LogP contribution in [0.15, 0.2) is 18.2 Å². The van der Waals surface area contributed by atoms with E-state index in [4.69, 9.17) is 0 Å². The molecule has 1 aromatic rings. The van der Waals surface area contributed by atoms with Crippen molar-refractivity contribution in [3.63, 3.8) is 0 Å². The van der Waals surface area contributed by atoms with E-state index in [2.05, 4.69) is 17.2 Å². The molecule has 1 aromatic heterocycles. The number of aromatic nitrogens is 1. The summed E-state index contributed by atoms with van der Waals surface area (Å²) >= 11 is 0. The van der Waals surface area contributed by atoms with Gasteiger partial charge in [0.05, 0.1) is 6.61 Å². The van der Waals surface area contributed by atoms with Crippen molar-refractivity contribution in [2.24, 2.45) is 0 Å². The van der Waals surface area contributed by atoms with Gasteiger partial charge in [-0.05, 0) is 31.4 Å². The molecule has 1 amide bonds. The molecule has 1 saturated carbocycles. The van der Waals surface area contributed by atoms with Gasteiger partial charge >= 0.3 is 0 Å². The fourth-order valence-corrected chi connectivity index (χ4v) is 2.83. The summed E-state index contributed by atoms with van der Waals surface area (Å²) in [7, 11) is 0. The van der Waals surface area contributed by atoms with Gasteiger partial charge in [0.1, 0.15) is 11.5 Å². The second-order valence-corrected chi connectivity index (χ2v) is 5.50. The van der Waals surface area contributed by atoms with Crippen LogP contribution in [0.5, 0.6) is 0 Å². The first kappa shape index (κ1) is 15.8. The molecule has 2 rings (SSSR count). The summed E-state index contributed by atoms with van der Waals surface area (Å²) in [5.41, 5.74) is 0.455. The van der Waals surface area contributed by atoms with Gasteiger partial charge in [-0.15, -0.1) is 0 Å². The third-order valence-corrected chi connectivity index (χ3v) is 3.89. The van der Waals surface area contributed by atoms with E-state index in [1.165, 1.54) is 0 Å². The monoisotopic (exact) mass is 291 g/mol. The second kappa shape index (κ2) is 7.98. The molecular weight excluding hydrogens is 266 g/mol. The van der Waals surface area contributed by atoms with Crippen LogP contribution in [0.2, 0.25) is 0 Å². The van der Waals surface area contributed by atoms with Gasteiger partial charge in [-0.3, -0.25) is 4.79 Å². The van der Waals surface area contributed by atoms with Crippen molar-refractivity contribution in [3.8, 4) is 0 Å². The zero-order chi connectivity index (χ0) is 15.1. The summed E-state index contributed by atoms with van der Waals surface area (Å²) in [6, 6.07) is 5.72. The van der Waals surface area contributed by atoms with Gasteiger partial charge in [0.25, 0.3) is 5.91 Å². The number of rotatable bonds is 7. The molecule has 5 heteroatoms. The lowest BCUT2D eigenvalue weighted by molar-refractivity contribution is 0.0632. The molecule has 2 N–H and O–H groups in total. The van der Waals surface area contributed by atoms with Gasteiger partial charge in [0, 0.05) is 19.1 Å². The van der Waals surface area contributed by atoms with E-state index in [0.29, 0.717) is 12.2 Å². The van der Waals surface area contributed by atoms with E-state index >= 15 is 0 Å². The minimum atomic E-state index is -0.0731. The molecule has 21 heavy (non-hydrogen) atoms. The summed E-state index contributed by atoms with van der Waals surface area (Å²) in [5, 5.41) is 12.4. The summed E-state index contributed by atoms with van der Waals surface area (Å²) in [5.74, 6) is 0.661. The Kier molecular flexibility index (Phi) is 5.99. The largest absolute Gasteiger partial charge is 0.395 e. The minimum absolute atomic E-state index is 0.00395. The van der Waals surface area contributed by atoms with Gasteiger partial charge in [-0.1, -0.05) is 25.8 Å². The number of anilines is 1. The van der Waals surface area contributed by atoms with Crippen molar-refractivity contribution in [3.05, 3.63) is 23.9 Å². The number of hydrogen-bond donors (Lipinski definition) is 2. The fourth-order valence-electron chi connectivity index (χ4n) is 2.83. The Morgan fingerprint density at radius 3 is 2.86 bits per heavy atom. The molecule has 0 bridgehead atoms. The van der Waals surface area contributed by atoms with Crippen LogP contribution in [-0.4, -0.2) is 46.6 Å². The van der Waals surface area contributed by atoms with Gasteiger partial charge in [-0.25, -0.2) is 4.98 Å². The number of aliphatic hydroxyl groups excluding tert-OH is 1. The SMILES string of the molecule is CCCNc1cccc(C(=O)N(CCO)C2CCCC2)n1. The number of nitrogens with one attached hydrogen (secondary N) is 1. The number of aliphatic hydroxyl groups is 1. The van der Waals surface area contributed by atoms with Crippen LogP contribution >= 0.6 is 0 Å². The van der Waals surface area contributed by atoms with Crippen LogP contribution in [0.25, 0.3) is 0 Å². The predicted molar refractivity (Wildman–Crippen MR) is 83.4 cm³/mol. The molecule has 1 fully saturated rings. The molecule has 0 spiro atoms. The highest BCUT2D eigenvalue weighted by Gasteiger charge is 2.27. The van der Waals surface area contributed by atoms with E-state index in [9.17, 15) is 9.90 Å².